The second-order valence-corrected chi connectivity index (χ2v) is 7.17. The lowest BCUT2D eigenvalue weighted by molar-refractivity contribution is 0.0696. The molecule has 0 aliphatic carbocycles. The van der Waals surface area contributed by atoms with E-state index in [1.807, 2.05) is 0 Å². The van der Waals surface area contributed by atoms with Gasteiger partial charge in [-0.05, 0) is 29.8 Å². The van der Waals surface area contributed by atoms with Crippen LogP contribution in [0.3, 0.4) is 0 Å². The minimum atomic E-state index is -3.83. The first-order chi connectivity index (χ1) is 11.5. The van der Waals surface area contributed by atoms with Crippen molar-refractivity contribution in [1.29, 1.82) is 0 Å². The fourth-order valence-corrected chi connectivity index (χ4v) is 4.21. The smallest absolute Gasteiger partial charge is 0.335 e. The highest BCUT2D eigenvalue weighted by molar-refractivity contribution is 7.89. The van der Waals surface area contributed by atoms with Gasteiger partial charge in [-0.3, -0.25) is 4.98 Å². The number of benzene rings is 1. The van der Waals surface area contributed by atoms with E-state index in [-0.39, 0.29) is 23.5 Å². The zero-order chi connectivity index (χ0) is 17.2. The molecule has 0 atom stereocenters. The number of aromatic nitrogens is 1. The molecule has 24 heavy (non-hydrogen) atoms. The fraction of sp³-hybridized carbons (Fsp3) is 0.250. The molecule has 1 fully saturated rings. The molecule has 2 heterocycles. The van der Waals surface area contributed by atoms with Gasteiger partial charge in [-0.25, -0.2) is 13.2 Å². The molecule has 1 aromatic carbocycles. The van der Waals surface area contributed by atoms with E-state index in [2.05, 4.69) is 4.98 Å². The second kappa shape index (κ2) is 6.68. The Kier molecular flexibility index (Phi) is 4.61. The molecule has 1 N–H and O–H groups in total. The van der Waals surface area contributed by atoms with Crippen molar-refractivity contribution in [3.63, 3.8) is 0 Å². The first-order valence-corrected chi connectivity index (χ1v) is 8.80. The first-order valence-electron chi connectivity index (χ1n) is 7.36. The van der Waals surface area contributed by atoms with E-state index in [9.17, 15) is 18.3 Å². The van der Waals surface area contributed by atoms with Crippen molar-refractivity contribution in [2.75, 3.05) is 26.3 Å². The van der Waals surface area contributed by atoms with Crippen molar-refractivity contribution in [2.24, 2.45) is 0 Å². The number of hydrogen-bond acceptors (Lipinski definition) is 5. The molecule has 1 aliphatic heterocycles. The van der Waals surface area contributed by atoms with E-state index in [1.54, 1.807) is 24.5 Å². The Bertz CT molecular complexity index is 846. The van der Waals surface area contributed by atoms with Gasteiger partial charge in [-0.2, -0.15) is 4.31 Å². The SMILES string of the molecule is O=C(O)c1ccc(-c2ccncc2)c(S(=O)(=O)N2CCOCC2)c1. The maximum absolute atomic E-state index is 13.0. The van der Waals surface area contributed by atoms with Crippen LogP contribution in [0.2, 0.25) is 0 Å². The molecule has 0 radical (unpaired) electrons. The largest absolute Gasteiger partial charge is 0.478 e. The van der Waals surface area contributed by atoms with Gasteiger partial charge in [0.15, 0.2) is 0 Å². The van der Waals surface area contributed by atoms with Crippen molar-refractivity contribution in [2.45, 2.75) is 4.90 Å². The van der Waals surface area contributed by atoms with E-state index >= 15 is 0 Å². The third-order valence-corrected chi connectivity index (χ3v) is 5.75. The number of nitrogens with zero attached hydrogens (tertiary/aromatic N) is 2. The van der Waals surface area contributed by atoms with Crippen LogP contribution in [-0.2, 0) is 14.8 Å². The number of carboxylic acid groups (broad SMARTS) is 1. The Morgan fingerprint density at radius 3 is 2.42 bits per heavy atom. The molecule has 126 valence electrons. The fourth-order valence-electron chi connectivity index (χ4n) is 2.56. The summed E-state index contributed by atoms with van der Waals surface area (Å²) >= 11 is 0. The lowest BCUT2D eigenvalue weighted by Crippen LogP contribution is -2.40. The van der Waals surface area contributed by atoms with Crippen LogP contribution < -0.4 is 0 Å². The lowest BCUT2D eigenvalue weighted by Gasteiger charge is -2.27. The minimum absolute atomic E-state index is 0.0181. The minimum Gasteiger partial charge on any atom is -0.478 e. The van der Waals surface area contributed by atoms with Crippen molar-refractivity contribution in [1.82, 2.24) is 9.29 Å². The van der Waals surface area contributed by atoms with Crippen molar-refractivity contribution in [3.8, 4) is 11.1 Å². The maximum Gasteiger partial charge on any atom is 0.335 e. The van der Waals surface area contributed by atoms with Gasteiger partial charge in [0, 0.05) is 31.0 Å². The lowest BCUT2D eigenvalue weighted by atomic mass is 10.1. The Morgan fingerprint density at radius 1 is 1.12 bits per heavy atom. The van der Waals surface area contributed by atoms with E-state index in [4.69, 9.17) is 4.74 Å². The van der Waals surface area contributed by atoms with E-state index in [1.165, 1.54) is 22.5 Å². The molecule has 8 heteroatoms. The summed E-state index contributed by atoms with van der Waals surface area (Å²) in [6.45, 7) is 1.13. The molecular formula is C16H16N2O5S. The monoisotopic (exact) mass is 348 g/mol. The van der Waals surface area contributed by atoms with Gasteiger partial charge in [-0.15, -0.1) is 0 Å². The van der Waals surface area contributed by atoms with E-state index in [0.29, 0.717) is 24.3 Å². The average Bonchev–Trinajstić information content (AvgIpc) is 2.62. The Labute approximate surface area is 139 Å². The second-order valence-electron chi connectivity index (χ2n) is 5.27. The number of morpholine rings is 1. The zero-order valence-electron chi connectivity index (χ0n) is 12.8. The van der Waals surface area contributed by atoms with Crippen LogP contribution in [-0.4, -0.2) is 55.1 Å². The maximum atomic E-state index is 13.0. The number of pyridine rings is 1. The Morgan fingerprint density at radius 2 is 1.79 bits per heavy atom. The summed E-state index contributed by atoms with van der Waals surface area (Å²) < 4.78 is 32.6. The first kappa shape index (κ1) is 16.6. The molecule has 1 aliphatic rings. The number of hydrogen-bond donors (Lipinski definition) is 1. The van der Waals surface area contributed by atoms with E-state index < -0.39 is 16.0 Å². The number of rotatable bonds is 4. The van der Waals surface area contributed by atoms with Crippen LogP contribution in [0.4, 0.5) is 0 Å². The van der Waals surface area contributed by atoms with E-state index in [0.717, 1.165) is 0 Å². The highest BCUT2D eigenvalue weighted by Gasteiger charge is 2.29. The summed E-state index contributed by atoms with van der Waals surface area (Å²) in [7, 11) is -3.83. The van der Waals surface area contributed by atoms with Crippen LogP contribution >= 0.6 is 0 Å². The quantitative estimate of drug-likeness (QED) is 0.899. The van der Waals surface area contributed by atoms with Gasteiger partial charge in [0.05, 0.1) is 23.7 Å². The molecule has 0 spiro atoms. The summed E-state index contributed by atoms with van der Waals surface area (Å²) in [6.07, 6.45) is 3.12. The molecule has 2 aromatic rings. The summed E-state index contributed by atoms with van der Waals surface area (Å²) in [5.74, 6) is -1.17. The third-order valence-electron chi connectivity index (χ3n) is 3.81. The van der Waals surface area contributed by atoms with Crippen molar-refractivity contribution in [3.05, 3.63) is 48.3 Å². The van der Waals surface area contributed by atoms with Gasteiger partial charge in [0.1, 0.15) is 0 Å². The third kappa shape index (κ3) is 3.16. The molecule has 0 bridgehead atoms. The highest BCUT2D eigenvalue weighted by atomic mass is 32.2. The summed E-state index contributed by atoms with van der Waals surface area (Å²) in [4.78, 5) is 15.2. The number of carbonyl (C=O) groups is 1. The number of ether oxygens (including phenoxy) is 1. The molecular weight excluding hydrogens is 332 g/mol. The van der Waals surface area contributed by atoms with Gasteiger partial charge < -0.3 is 9.84 Å². The van der Waals surface area contributed by atoms with Gasteiger partial charge in [0.2, 0.25) is 10.0 Å². The number of carboxylic acids is 1. The van der Waals surface area contributed by atoms with Crippen LogP contribution in [0, 0.1) is 0 Å². The van der Waals surface area contributed by atoms with Gasteiger partial charge in [-0.1, -0.05) is 6.07 Å². The molecule has 3 rings (SSSR count). The molecule has 0 amide bonds. The van der Waals surface area contributed by atoms with Crippen LogP contribution in [0.1, 0.15) is 10.4 Å². The predicted molar refractivity (Wildman–Crippen MR) is 86.2 cm³/mol. The normalized spacial score (nSPS) is 16.0. The molecule has 1 aromatic heterocycles. The standard InChI is InChI=1S/C16H16N2O5S/c19-16(20)13-1-2-14(12-3-5-17-6-4-12)15(11-13)24(21,22)18-7-9-23-10-8-18/h1-6,11H,7-10H2,(H,19,20). The zero-order valence-corrected chi connectivity index (χ0v) is 13.6. The van der Waals surface area contributed by atoms with Gasteiger partial charge >= 0.3 is 5.97 Å². The predicted octanol–water partition coefficient (Wildman–Crippen LogP) is 1.47. The molecule has 0 saturated carbocycles. The molecule has 7 nitrogen and oxygen atoms in total. The summed E-state index contributed by atoms with van der Waals surface area (Å²) in [5, 5.41) is 9.21. The van der Waals surface area contributed by atoms with Crippen LogP contribution in [0.5, 0.6) is 0 Å². The molecule has 1 saturated heterocycles. The molecule has 0 unspecified atom stereocenters. The van der Waals surface area contributed by atoms with Crippen LogP contribution in [0.25, 0.3) is 11.1 Å². The number of sulfonamides is 1. The van der Waals surface area contributed by atoms with Crippen molar-refractivity contribution < 1.29 is 23.1 Å². The van der Waals surface area contributed by atoms with Gasteiger partial charge in [0.25, 0.3) is 0 Å². The van der Waals surface area contributed by atoms with Crippen molar-refractivity contribution >= 4 is 16.0 Å². The average molecular weight is 348 g/mol. The highest BCUT2D eigenvalue weighted by Crippen LogP contribution is 2.30. The van der Waals surface area contributed by atoms with Crippen LogP contribution in [0.15, 0.2) is 47.6 Å². The summed E-state index contributed by atoms with van der Waals surface area (Å²) in [6, 6.07) is 7.51. The number of aromatic carboxylic acids is 1. The topological polar surface area (TPSA) is 96.8 Å². The summed E-state index contributed by atoms with van der Waals surface area (Å²) in [5.41, 5.74) is 1.04. The Balaban J connectivity index is 2.16. The Hall–Kier alpha value is -2.29.